The molecular formula is C11H9NO4S2. The van der Waals surface area contributed by atoms with Crippen LogP contribution in [0.3, 0.4) is 0 Å². The molecule has 0 spiro atoms. The molecule has 0 aromatic carbocycles. The molecule has 1 N–H and O–H groups in total. The number of aliphatic carboxylic acids is 1. The van der Waals surface area contributed by atoms with Gasteiger partial charge in [0, 0.05) is 6.08 Å². The Morgan fingerprint density at radius 3 is 2.94 bits per heavy atom. The van der Waals surface area contributed by atoms with Crippen LogP contribution < -0.4 is 0 Å². The average Bonchev–Trinajstić information content (AvgIpc) is 2.88. The van der Waals surface area contributed by atoms with E-state index in [1.54, 1.807) is 18.2 Å². The van der Waals surface area contributed by atoms with Crippen molar-refractivity contribution in [3.8, 4) is 0 Å². The van der Waals surface area contributed by atoms with Gasteiger partial charge < -0.3 is 9.52 Å². The molecule has 0 unspecified atom stereocenters. The summed E-state index contributed by atoms with van der Waals surface area (Å²) >= 11 is 6.09. The van der Waals surface area contributed by atoms with E-state index >= 15 is 0 Å². The van der Waals surface area contributed by atoms with E-state index < -0.39 is 17.9 Å². The maximum absolute atomic E-state index is 12.0. The Labute approximate surface area is 112 Å². The lowest BCUT2D eigenvalue weighted by Gasteiger charge is -2.18. The molecule has 1 amide bonds. The van der Waals surface area contributed by atoms with Crippen LogP contribution in [0.2, 0.25) is 0 Å². The number of nitrogens with zero attached hydrogens (tertiary/aromatic N) is 1. The van der Waals surface area contributed by atoms with Crippen molar-refractivity contribution in [1.82, 2.24) is 4.90 Å². The zero-order valence-electron chi connectivity index (χ0n) is 9.32. The van der Waals surface area contributed by atoms with Gasteiger partial charge in [0.05, 0.1) is 11.2 Å². The van der Waals surface area contributed by atoms with Crippen molar-refractivity contribution in [3.05, 3.63) is 29.1 Å². The first kappa shape index (κ1) is 12.8. The largest absolute Gasteiger partial charge is 0.480 e. The molecule has 7 heteroatoms. The fraction of sp³-hybridized carbons (Fsp3) is 0.182. The second-order valence-corrected chi connectivity index (χ2v) is 5.26. The molecule has 1 aromatic rings. The molecule has 1 saturated heterocycles. The van der Waals surface area contributed by atoms with Gasteiger partial charge >= 0.3 is 5.97 Å². The summed E-state index contributed by atoms with van der Waals surface area (Å²) in [6, 6.07) is 2.43. The summed E-state index contributed by atoms with van der Waals surface area (Å²) in [7, 11) is 0. The number of thioether (sulfide) groups is 1. The molecule has 2 heterocycles. The van der Waals surface area contributed by atoms with E-state index in [2.05, 4.69) is 0 Å². The number of furan rings is 1. The monoisotopic (exact) mass is 283 g/mol. The molecule has 5 nitrogen and oxygen atoms in total. The zero-order valence-corrected chi connectivity index (χ0v) is 11.0. The van der Waals surface area contributed by atoms with Gasteiger partial charge in [0.25, 0.3) is 5.91 Å². The molecule has 94 valence electrons. The molecule has 2 rings (SSSR count). The van der Waals surface area contributed by atoms with E-state index in [0.29, 0.717) is 10.7 Å². The van der Waals surface area contributed by atoms with Gasteiger partial charge in [-0.05, 0) is 19.1 Å². The van der Waals surface area contributed by atoms with Crippen LogP contribution in [0.4, 0.5) is 0 Å². The minimum atomic E-state index is -1.09. The lowest BCUT2D eigenvalue weighted by Crippen LogP contribution is -2.41. The quantitative estimate of drug-likeness (QED) is 0.675. The van der Waals surface area contributed by atoms with Crippen LogP contribution in [0.5, 0.6) is 0 Å². The van der Waals surface area contributed by atoms with E-state index in [1.165, 1.54) is 13.2 Å². The third-order valence-electron chi connectivity index (χ3n) is 2.38. The number of thiocarbonyl (C=S) groups is 1. The first-order valence-electron chi connectivity index (χ1n) is 5.04. The number of hydrogen-bond acceptors (Lipinski definition) is 5. The van der Waals surface area contributed by atoms with Crippen molar-refractivity contribution < 1.29 is 19.1 Å². The molecule has 1 aromatic heterocycles. The Balaban J connectivity index is 2.27. The number of amides is 1. The number of carboxylic acids is 1. The second-order valence-electron chi connectivity index (χ2n) is 3.58. The normalized spacial score (nSPS) is 19.6. The van der Waals surface area contributed by atoms with Crippen molar-refractivity contribution in [2.75, 3.05) is 0 Å². The van der Waals surface area contributed by atoms with Crippen LogP contribution in [0, 0.1) is 0 Å². The third-order valence-corrected chi connectivity index (χ3v) is 3.72. The van der Waals surface area contributed by atoms with Gasteiger partial charge in [0.2, 0.25) is 0 Å². The first-order valence-corrected chi connectivity index (χ1v) is 6.26. The standard InChI is InChI=1S/C11H9NO4S2/c1-6(10(14)15)12-9(13)8(18-11(12)17)5-7-3-2-4-16-7/h2-6H,1H3,(H,14,15)/b8-5+/t6-/m0/s1. The van der Waals surface area contributed by atoms with Crippen molar-refractivity contribution in [2.45, 2.75) is 13.0 Å². The molecule has 1 aliphatic heterocycles. The summed E-state index contributed by atoms with van der Waals surface area (Å²) in [6.45, 7) is 1.42. The highest BCUT2D eigenvalue weighted by atomic mass is 32.2. The van der Waals surface area contributed by atoms with Crippen LogP contribution in [-0.2, 0) is 9.59 Å². The Hall–Kier alpha value is -1.60. The Bertz CT molecular complexity index is 535. The number of rotatable bonds is 3. The second kappa shape index (κ2) is 4.95. The minimum Gasteiger partial charge on any atom is -0.480 e. The zero-order chi connectivity index (χ0) is 13.3. The molecule has 1 fully saturated rings. The predicted octanol–water partition coefficient (Wildman–Crippen LogP) is 1.95. The highest BCUT2D eigenvalue weighted by molar-refractivity contribution is 8.26. The van der Waals surface area contributed by atoms with Crippen LogP contribution >= 0.6 is 24.0 Å². The summed E-state index contributed by atoms with van der Waals surface area (Å²) in [4.78, 5) is 24.4. The maximum atomic E-state index is 12.0. The molecule has 0 saturated carbocycles. The molecule has 0 bridgehead atoms. The van der Waals surface area contributed by atoms with Gasteiger partial charge in [-0.15, -0.1) is 0 Å². The minimum absolute atomic E-state index is 0.243. The predicted molar refractivity (Wildman–Crippen MR) is 70.8 cm³/mol. The third kappa shape index (κ3) is 2.32. The summed E-state index contributed by atoms with van der Waals surface area (Å²) in [5, 5.41) is 8.92. The smallest absolute Gasteiger partial charge is 0.326 e. The fourth-order valence-corrected chi connectivity index (χ4v) is 2.83. The number of carbonyl (C=O) groups is 2. The molecule has 1 atom stereocenters. The molecule has 1 aliphatic rings. The van der Waals surface area contributed by atoms with Crippen LogP contribution in [-0.4, -0.2) is 32.2 Å². The average molecular weight is 283 g/mol. The van der Waals surface area contributed by atoms with Crippen molar-refractivity contribution in [3.63, 3.8) is 0 Å². The van der Waals surface area contributed by atoms with E-state index in [-0.39, 0.29) is 4.32 Å². The van der Waals surface area contributed by atoms with Crippen LogP contribution in [0.1, 0.15) is 12.7 Å². The molecular weight excluding hydrogens is 274 g/mol. The lowest BCUT2D eigenvalue weighted by atomic mass is 10.3. The SMILES string of the molecule is C[C@@H](C(=O)O)N1C(=O)/C(=C\c2ccco2)SC1=S. The summed E-state index contributed by atoms with van der Waals surface area (Å²) in [5.41, 5.74) is 0. The fourth-order valence-electron chi connectivity index (χ4n) is 1.43. The summed E-state index contributed by atoms with van der Waals surface area (Å²) in [5.74, 6) is -0.972. The number of carboxylic acid groups (broad SMARTS) is 1. The summed E-state index contributed by atoms with van der Waals surface area (Å²) < 4.78 is 5.35. The van der Waals surface area contributed by atoms with Crippen molar-refractivity contribution >= 4 is 46.3 Å². The Morgan fingerprint density at radius 1 is 1.67 bits per heavy atom. The van der Waals surface area contributed by atoms with Gasteiger partial charge in [-0.1, -0.05) is 24.0 Å². The number of hydrogen-bond donors (Lipinski definition) is 1. The van der Waals surface area contributed by atoms with Crippen LogP contribution in [0.25, 0.3) is 6.08 Å². The van der Waals surface area contributed by atoms with Gasteiger partial charge in [-0.3, -0.25) is 9.69 Å². The van der Waals surface area contributed by atoms with Gasteiger partial charge in [0.1, 0.15) is 16.1 Å². The van der Waals surface area contributed by atoms with Crippen molar-refractivity contribution in [2.24, 2.45) is 0 Å². The van der Waals surface area contributed by atoms with Crippen molar-refractivity contribution in [1.29, 1.82) is 0 Å². The Morgan fingerprint density at radius 2 is 2.39 bits per heavy atom. The van der Waals surface area contributed by atoms with Gasteiger partial charge in [-0.25, -0.2) is 4.79 Å². The van der Waals surface area contributed by atoms with E-state index in [4.69, 9.17) is 21.7 Å². The van der Waals surface area contributed by atoms with E-state index in [9.17, 15) is 9.59 Å². The lowest BCUT2D eigenvalue weighted by molar-refractivity contribution is -0.144. The van der Waals surface area contributed by atoms with E-state index in [1.807, 2.05) is 0 Å². The van der Waals surface area contributed by atoms with E-state index in [0.717, 1.165) is 16.7 Å². The summed E-state index contributed by atoms with van der Waals surface area (Å²) in [6.07, 6.45) is 3.04. The van der Waals surface area contributed by atoms with Gasteiger partial charge in [0.15, 0.2) is 0 Å². The molecule has 0 radical (unpaired) electrons. The highest BCUT2D eigenvalue weighted by Gasteiger charge is 2.38. The van der Waals surface area contributed by atoms with Crippen LogP contribution in [0.15, 0.2) is 27.7 Å². The first-order chi connectivity index (χ1) is 8.50. The van der Waals surface area contributed by atoms with Gasteiger partial charge in [-0.2, -0.15) is 0 Å². The maximum Gasteiger partial charge on any atom is 0.326 e. The number of carbonyl (C=O) groups excluding carboxylic acids is 1. The Kier molecular flexibility index (Phi) is 3.53. The topological polar surface area (TPSA) is 70.8 Å². The molecule has 0 aliphatic carbocycles. The highest BCUT2D eigenvalue weighted by Crippen LogP contribution is 2.33. The molecule has 18 heavy (non-hydrogen) atoms.